The number of hydrogen-bond donors (Lipinski definition) is 0. The van der Waals surface area contributed by atoms with Gasteiger partial charge in [0.15, 0.2) is 0 Å². The number of benzene rings is 1. The molecule has 0 amide bonds. The Morgan fingerprint density at radius 3 is 2.66 bits per heavy atom. The highest BCUT2D eigenvalue weighted by atomic mass is 79.9. The third-order valence-electron chi connectivity index (χ3n) is 7.07. The lowest BCUT2D eigenvalue weighted by molar-refractivity contribution is -0.151. The van der Waals surface area contributed by atoms with Crippen LogP contribution in [0.4, 0.5) is 0 Å². The molecule has 2 heterocycles. The first-order valence-electron chi connectivity index (χ1n) is 11.1. The van der Waals surface area contributed by atoms with Crippen LogP contribution < -0.4 is 15.1 Å². The highest BCUT2D eigenvalue weighted by Crippen LogP contribution is 2.57. The van der Waals surface area contributed by atoms with Gasteiger partial charge < -0.3 is 14.3 Å². The van der Waals surface area contributed by atoms with E-state index in [0.29, 0.717) is 23.1 Å². The Morgan fingerprint density at radius 1 is 1.25 bits per heavy atom. The van der Waals surface area contributed by atoms with Crippen LogP contribution in [-0.2, 0) is 16.0 Å². The molecule has 172 valence electrons. The number of ether oxygens (including phenoxy) is 2. The van der Waals surface area contributed by atoms with Crippen LogP contribution in [-0.4, -0.2) is 30.5 Å². The Balaban J connectivity index is 1.59. The molecular weight excluding hydrogens is 474 g/mol. The highest BCUT2D eigenvalue weighted by molar-refractivity contribution is 9.10. The summed E-state index contributed by atoms with van der Waals surface area (Å²) in [7, 11) is 1.48. The summed E-state index contributed by atoms with van der Waals surface area (Å²) in [5.41, 5.74) is 1.08. The Labute approximate surface area is 197 Å². The third kappa shape index (κ3) is 4.19. The molecule has 0 radical (unpaired) electrons. The molecule has 1 saturated carbocycles. The summed E-state index contributed by atoms with van der Waals surface area (Å²) >= 11 is 3.41. The zero-order valence-electron chi connectivity index (χ0n) is 19.0. The maximum atomic E-state index is 13.1. The van der Waals surface area contributed by atoms with Crippen LogP contribution in [0.2, 0.25) is 0 Å². The molecule has 1 aromatic heterocycles. The molecule has 2 aromatic rings. The van der Waals surface area contributed by atoms with Crippen molar-refractivity contribution in [2.45, 2.75) is 52.1 Å². The van der Waals surface area contributed by atoms with E-state index in [1.54, 1.807) is 12.3 Å². The average molecular weight is 504 g/mol. The van der Waals surface area contributed by atoms with Gasteiger partial charge in [-0.1, -0.05) is 48.8 Å². The number of esters is 1. The van der Waals surface area contributed by atoms with Gasteiger partial charge in [0.05, 0.1) is 18.2 Å². The molecule has 2 aliphatic rings. The fraction of sp³-hybridized carbons (Fsp3) is 0.520. The molecule has 0 bridgehead atoms. The van der Waals surface area contributed by atoms with Gasteiger partial charge in [0.25, 0.3) is 5.56 Å². The molecular formula is C25H30BrNO5. The van der Waals surface area contributed by atoms with Gasteiger partial charge in [0, 0.05) is 21.9 Å². The lowest BCUT2D eigenvalue weighted by atomic mass is 9.55. The molecule has 1 aliphatic heterocycles. The van der Waals surface area contributed by atoms with E-state index in [9.17, 15) is 9.59 Å². The predicted molar refractivity (Wildman–Crippen MR) is 125 cm³/mol. The summed E-state index contributed by atoms with van der Waals surface area (Å²) in [6.45, 7) is 6.77. The van der Waals surface area contributed by atoms with E-state index in [1.165, 1.54) is 11.8 Å². The van der Waals surface area contributed by atoms with Crippen molar-refractivity contribution in [2.75, 3.05) is 13.7 Å². The summed E-state index contributed by atoms with van der Waals surface area (Å²) in [5, 5.41) is 0. The lowest BCUT2D eigenvalue weighted by Crippen LogP contribution is -2.54. The minimum atomic E-state index is -0.325. The van der Waals surface area contributed by atoms with Crippen LogP contribution in [0.1, 0.15) is 50.7 Å². The van der Waals surface area contributed by atoms with Crippen molar-refractivity contribution in [3.8, 4) is 5.75 Å². The van der Waals surface area contributed by atoms with E-state index in [2.05, 4.69) is 36.7 Å². The fourth-order valence-corrected chi connectivity index (χ4v) is 6.14. The smallest absolute Gasteiger partial charge is 0.310 e. The van der Waals surface area contributed by atoms with Crippen LogP contribution in [0.3, 0.4) is 0 Å². The number of rotatable bonds is 5. The second-order valence-corrected chi connectivity index (χ2v) is 10.4. The van der Waals surface area contributed by atoms with Crippen LogP contribution in [0.5, 0.6) is 5.75 Å². The van der Waals surface area contributed by atoms with Gasteiger partial charge in [-0.25, -0.2) is 0 Å². The molecule has 6 nitrogen and oxygen atoms in total. The maximum absolute atomic E-state index is 13.1. The molecule has 1 fully saturated rings. The number of fused-ring (bicyclic) bond motifs is 3. The maximum Gasteiger partial charge on any atom is 0.310 e. The third-order valence-corrected chi connectivity index (χ3v) is 7.60. The largest absolute Gasteiger partial charge is 0.486 e. The quantitative estimate of drug-likeness (QED) is 0.566. The molecule has 1 aromatic carbocycles. The fourth-order valence-electron chi connectivity index (χ4n) is 5.88. The summed E-state index contributed by atoms with van der Waals surface area (Å²) in [6.07, 6.45) is 3.41. The monoisotopic (exact) mass is 503 g/mol. The van der Waals surface area contributed by atoms with E-state index >= 15 is 0 Å². The Kier molecular flexibility index (Phi) is 6.39. The molecule has 0 spiro atoms. The molecule has 0 N–H and O–H groups in total. The van der Waals surface area contributed by atoms with E-state index in [0.717, 1.165) is 22.9 Å². The Hall–Kier alpha value is -2.28. The van der Waals surface area contributed by atoms with Gasteiger partial charge in [0.1, 0.15) is 25.6 Å². The number of carbonyl (C=O) groups excluding carboxylic acids is 1. The number of carbonyl (C=O) groups is 1. The summed E-state index contributed by atoms with van der Waals surface area (Å²) < 4.78 is 14.3. The topological polar surface area (TPSA) is 66.8 Å². The van der Waals surface area contributed by atoms with Crippen LogP contribution in [0.15, 0.2) is 45.8 Å². The lowest BCUT2D eigenvalue weighted by Gasteiger charge is -2.53. The zero-order valence-corrected chi connectivity index (χ0v) is 20.6. The summed E-state index contributed by atoms with van der Waals surface area (Å²) in [5.74, 6) is 1.08. The predicted octanol–water partition coefficient (Wildman–Crippen LogP) is 4.37. The van der Waals surface area contributed by atoms with Gasteiger partial charge in [-0.15, -0.1) is 0 Å². The molecule has 0 unspecified atom stereocenters. The number of aromatic nitrogens is 1. The van der Waals surface area contributed by atoms with Crippen molar-refractivity contribution in [3.05, 3.63) is 62.5 Å². The van der Waals surface area contributed by atoms with Gasteiger partial charge in [-0.3, -0.25) is 9.59 Å². The minimum Gasteiger partial charge on any atom is -0.486 e. The Bertz CT molecular complexity index is 1050. The second kappa shape index (κ2) is 8.93. The first kappa shape index (κ1) is 22.9. The number of pyridine rings is 1. The van der Waals surface area contributed by atoms with Crippen molar-refractivity contribution in [2.24, 2.45) is 17.3 Å². The van der Waals surface area contributed by atoms with Crippen molar-refractivity contribution in [1.82, 2.24) is 4.73 Å². The van der Waals surface area contributed by atoms with E-state index in [1.807, 2.05) is 24.3 Å². The second-order valence-electron chi connectivity index (χ2n) is 9.51. The van der Waals surface area contributed by atoms with Crippen molar-refractivity contribution < 1.29 is 19.1 Å². The van der Waals surface area contributed by atoms with E-state index in [-0.39, 0.29) is 42.0 Å². The van der Waals surface area contributed by atoms with Crippen molar-refractivity contribution >= 4 is 21.9 Å². The normalized spacial score (nSPS) is 28.8. The van der Waals surface area contributed by atoms with Crippen molar-refractivity contribution in [1.29, 1.82) is 0 Å². The van der Waals surface area contributed by atoms with Crippen LogP contribution >= 0.6 is 15.9 Å². The summed E-state index contributed by atoms with van der Waals surface area (Å²) in [4.78, 5) is 30.9. The van der Waals surface area contributed by atoms with E-state index in [4.69, 9.17) is 14.3 Å². The molecule has 0 saturated heterocycles. The zero-order chi connectivity index (χ0) is 23.0. The SMILES string of the molecule is COn1ccc2c(c1=O)[C@@H]1[C@@H](C)C[C@@H](C)C[C@@]1(C)[C@H](COC(=O)Cc1ccc(Br)cc1)O2. The summed E-state index contributed by atoms with van der Waals surface area (Å²) in [6, 6.07) is 9.41. The van der Waals surface area contributed by atoms with Crippen LogP contribution in [0.25, 0.3) is 0 Å². The van der Waals surface area contributed by atoms with Gasteiger partial charge in [0.2, 0.25) is 0 Å². The van der Waals surface area contributed by atoms with Gasteiger partial charge in [-0.2, -0.15) is 4.73 Å². The van der Waals surface area contributed by atoms with E-state index < -0.39 is 0 Å². The highest BCUT2D eigenvalue weighted by Gasteiger charge is 2.54. The molecule has 1 aliphatic carbocycles. The number of halogens is 1. The molecule has 5 atom stereocenters. The average Bonchev–Trinajstić information content (AvgIpc) is 2.73. The first-order valence-corrected chi connectivity index (χ1v) is 11.9. The van der Waals surface area contributed by atoms with Crippen molar-refractivity contribution in [3.63, 3.8) is 0 Å². The Morgan fingerprint density at radius 2 is 1.97 bits per heavy atom. The number of nitrogens with zero attached hydrogens (tertiary/aromatic N) is 1. The van der Waals surface area contributed by atoms with Crippen LogP contribution in [0, 0.1) is 17.3 Å². The first-order chi connectivity index (χ1) is 15.2. The number of hydrogen-bond acceptors (Lipinski definition) is 5. The van der Waals surface area contributed by atoms with Gasteiger partial charge in [-0.05, 0) is 42.4 Å². The molecule has 7 heteroatoms. The standard InChI is InChI=1S/C25H30BrNO5/c1-15-11-16(2)23-22-19(9-10-27(30-4)24(22)29)32-20(25(23,3)13-15)14-31-21(28)12-17-5-7-18(26)8-6-17/h5-10,15-16,20,23H,11-14H2,1-4H3/t15-,16+,20+,23+,25+/m1/s1. The minimum absolute atomic E-state index is 0.00715. The molecule has 32 heavy (non-hydrogen) atoms. The molecule has 4 rings (SSSR count). The van der Waals surface area contributed by atoms with Gasteiger partial charge >= 0.3 is 5.97 Å².